The fraction of sp³-hybridized carbons (Fsp3) is 0.750. The molecule has 0 radical (unpaired) electrons. The second-order valence-corrected chi connectivity index (χ2v) is 5.09. The van der Waals surface area contributed by atoms with E-state index in [9.17, 15) is 0 Å². The highest BCUT2D eigenvalue weighted by Gasteiger charge is 2.30. The Bertz CT molecular complexity index is 339. The van der Waals surface area contributed by atoms with Crippen LogP contribution < -0.4 is 5.73 Å². The molecule has 3 nitrogen and oxygen atoms in total. The highest BCUT2D eigenvalue weighted by molar-refractivity contribution is 5.20. The monoisotopic (exact) mass is 205 g/mol. The van der Waals surface area contributed by atoms with Crippen molar-refractivity contribution in [1.29, 1.82) is 0 Å². The van der Waals surface area contributed by atoms with Gasteiger partial charge in [-0.05, 0) is 38.7 Å². The summed E-state index contributed by atoms with van der Waals surface area (Å²) in [5, 5.41) is 4.75. The van der Waals surface area contributed by atoms with Gasteiger partial charge in [0, 0.05) is 12.0 Å². The Labute approximate surface area is 90.7 Å². The van der Waals surface area contributed by atoms with Gasteiger partial charge < -0.3 is 5.73 Å². The van der Waals surface area contributed by atoms with Crippen molar-refractivity contribution >= 4 is 0 Å². The number of hydrogen-bond donors (Lipinski definition) is 1. The third kappa shape index (κ3) is 1.59. The maximum absolute atomic E-state index is 5.99. The fourth-order valence-corrected chi connectivity index (χ4v) is 2.28. The maximum atomic E-state index is 5.99. The van der Waals surface area contributed by atoms with E-state index in [0.29, 0.717) is 6.04 Å². The standard InChI is InChI=1S/C12H19N3/c1-8(13)12-7-11(9-3-2-4-9)14-15(12)10-5-6-10/h7-10H,2-6,13H2,1H3/t8-/m0/s1. The minimum Gasteiger partial charge on any atom is -0.323 e. The van der Waals surface area contributed by atoms with E-state index in [-0.39, 0.29) is 6.04 Å². The van der Waals surface area contributed by atoms with Crippen LogP contribution in [0.4, 0.5) is 0 Å². The normalized spacial score (nSPS) is 23.9. The van der Waals surface area contributed by atoms with Gasteiger partial charge in [-0.25, -0.2) is 0 Å². The molecule has 0 amide bonds. The van der Waals surface area contributed by atoms with Gasteiger partial charge in [0.15, 0.2) is 0 Å². The van der Waals surface area contributed by atoms with Crippen LogP contribution >= 0.6 is 0 Å². The molecule has 82 valence electrons. The molecule has 0 saturated heterocycles. The summed E-state index contributed by atoms with van der Waals surface area (Å²) in [6.45, 7) is 2.06. The van der Waals surface area contributed by atoms with E-state index in [1.165, 1.54) is 43.5 Å². The molecular weight excluding hydrogens is 186 g/mol. The first-order valence-electron chi connectivity index (χ1n) is 6.10. The zero-order valence-electron chi connectivity index (χ0n) is 9.32. The summed E-state index contributed by atoms with van der Waals surface area (Å²) in [6.07, 6.45) is 6.58. The van der Waals surface area contributed by atoms with E-state index in [4.69, 9.17) is 10.8 Å². The van der Waals surface area contributed by atoms with Crippen LogP contribution in [0.15, 0.2) is 6.07 Å². The van der Waals surface area contributed by atoms with Gasteiger partial charge in [-0.3, -0.25) is 4.68 Å². The lowest BCUT2D eigenvalue weighted by atomic mass is 9.83. The van der Waals surface area contributed by atoms with Gasteiger partial charge in [0.1, 0.15) is 0 Å². The predicted molar refractivity (Wildman–Crippen MR) is 59.7 cm³/mol. The number of nitrogens with two attached hydrogens (primary N) is 1. The second-order valence-electron chi connectivity index (χ2n) is 5.09. The zero-order valence-corrected chi connectivity index (χ0v) is 9.32. The summed E-state index contributed by atoms with van der Waals surface area (Å²) >= 11 is 0. The van der Waals surface area contributed by atoms with E-state index < -0.39 is 0 Å². The summed E-state index contributed by atoms with van der Waals surface area (Å²) < 4.78 is 2.19. The smallest absolute Gasteiger partial charge is 0.0659 e. The van der Waals surface area contributed by atoms with E-state index in [2.05, 4.69) is 17.7 Å². The fourth-order valence-electron chi connectivity index (χ4n) is 2.28. The molecule has 1 aromatic heterocycles. The van der Waals surface area contributed by atoms with Crippen LogP contribution in [0.5, 0.6) is 0 Å². The first-order valence-corrected chi connectivity index (χ1v) is 6.10. The first kappa shape index (κ1) is 9.40. The van der Waals surface area contributed by atoms with Crippen molar-refractivity contribution in [2.75, 3.05) is 0 Å². The van der Waals surface area contributed by atoms with Crippen LogP contribution in [0, 0.1) is 0 Å². The third-order valence-electron chi connectivity index (χ3n) is 3.67. The molecule has 3 rings (SSSR count). The van der Waals surface area contributed by atoms with Gasteiger partial charge in [0.25, 0.3) is 0 Å². The van der Waals surface area contributed by atoms with Crippen LogP contribution in [0.3, 0.4) is 0 Å². The molecule has 1 heterocycles. The van der Waals surface area contributed by atoms with Crippen LogP contribution in [0.1, 0.15) is 68.4 Å². The summed E-state index contributed by atoms with van der Waals surface area (Å²) in [7, 11) is 0. The van der Waals surface area contributed by atoms with Gasteiger partial charge in [-0.15, -0.1) is 0 Å². The minimum atomic E-state index is 0.118. The minimum absolute atomic E-state index is 0.118. The Kier molecular flexibility index (Phi) is 2.09. The third-order valence-corrected chi connectivity index (χ3v) is 3.67. The highest BCUT2D eigenvalue weighted by Crippen LogP contribution is 2.40. The average molecular weight is 205 g/mol. The van der Waals surface area contributed by atoms with Gasteiger partial charge in [0.05, 0.1) is 17.4 Å². The van der Waals surface area contributed by atoms with Crippen molar-refractivity contribution in [3.8, 4) is 0 Å². The molecule has 2 fully saturated rings. The van der Waals surface area contributed by atoms with E-state index in [1.54, 1.807) is 0 Å². The Balaban J connectivity index is 1.92. The SMILES string of the molecule is C[C@H](N)c1cc(C2CCC2)nn1C1CC1. The molecule has 15 heavy (non-hydrogen) atoms. The molecule has 1 atom stereocenters. The van der Waals surface area contributed by atoms with Crippen molar-refractivity contribution in [3.63, 3.8) is 0 Å². The van der Waals surface area contributed by atoms with Gasteiger partial charge in [0.2, 0.25) is 0 Å². The van der Waals surface area contributed by atoms with Crippen molar-refractivity contribution < 1.29 is 0 Å². The lowest BCUT2D eigenvalue weighted by Crippen LogP contribution is -2.12. The van der Waals surface area contributed by atoms with Gasteiger partial charge in [-0.1, -0.05) is 6.42 Å². The molecule has 0 spiro atoms. The Morgan fingerprint density at radius 2 is 2.13 bits per heavy atom. The molecule has 0 bridgehead atoms. The highest BCUT2D eigenvalue weighted by atomic mass is 15.3. The van der Waals surface area contributed by atoms with E-state index in [1.807, 2.05) is 0 Å². The topological polar surface area (TPSA) is 43.8 Å². The largest absolute Gasteiger partial charge is 0.323 e. The maximum Gasteiger partial charge on any atom is 0.0659 e. The van der Waals surface area contributed by atoms with Crippen LogP contribution in [-0.4, -0.2) is 9.78 Å². The van der Waals surface area contributed by atoms with E-state index in [0.717, 1.165) is 5.92 Å². The zero-order chi connectivity index (χ0) is 10.4. The molecule has 1 aromatic rings. The molecule has 2 N–H and O–H groups in total. The molecule has 2 saturated carbocycles. The summed E-state index contributed by atoms with van der Waals surface area (Å²) in [5.74, 6) is 0.725. The summed E-state index contributed by atoms with van der Waals surface area (Å²) in [6, 6.07) is 3.01. The van der Waals surface area contributed by atoms with Crippen LogP contribution in [0.25, 0.3) is 0 Å². The Morgan fingerprint density at radius 1 is 1.40 bits per heavy atom. The number of hydrogen-bond acceptors (Lipinski definition) is 2. The quantitative estimate of drug-likeness (QED) is 0.824. The molecule has 3 heteroatoms. The van der Waals surface area contributed by atoms with Crippen molar-refractivity contribution in [2.24, 2.45) is 5.73 Å². The van der Waals surface area contributed by atoms with E-state index >= 15 is 0 Å². The second kappa shape index (κ2) is 3.34. The summed E-state index contributed by atoms with van der Waals surface area (Å²) in [5.41, 5.74) is 8.52. The Hall–Kier alpha value is -0.830. The molecule has 0 unspecified atom stereocenters. The number of aromatic nitrogens is 2. The summed E-state index contributed by atoms with van der Waals surface area (Å²) in [4.78, 5) is 0. The molecule has 0 aliphatic heterocycles. The number of rotatable bonds is 3. The van der Waals surface area contributed by atoms with Crippen LogP contribution in [-0.2, 0) is 0 Å². The molecule has 0 aromatic carbocycles. The molecule has 2 aliphatic carbocycles. The molecular formula is C12H19N3. The van der Waals surface area contributed by atoms with Gasteiger partial charge >= 0.3 is 0 Å². The van der Waals surface area contributed by atoms with Crippen molar-refractivity contribution in [3.05, 3.63) is 17.5 Å². The van der Waals surface area contributed by atoms with Crippen LogP contribution in [0.2, 0.25) is 0 Å². The lowest BCUT2D eigenvalue weighted by molar-refractivity contribution is 0.405. The van der Waals surface area contributed by atoms with Crippen molar-refractivity contribution in [1.82, 2.24) is 9.78 Å². The van der Waals surface area contributed by atoms with Gasteiger partial charge in [-0.2, -0.15) is 5.10 Å². The first-order chi connectivity index (χ1) is 7.25. The molecule has 2 aliphatic rings. The Morgan fingerprint density at radius 3 is 2.60 bits per heavy atom. The average Bonchev–Trinajstić information content (AvgIpc) is 2.85. The predicted octanol–water partition coefficient (Wildman–Crippen LogP) is 2.51. The van der Waals surface area contributed by atoms with Crippen molar-refractivity contribution in [2.45, 2.75) is 57.0 Å². The lowest BCUT2D eigenvalue weighted by Gasteiger charge is -2.22. The number of nitrogens with zero attached hydrogens (tertiary/aromatic N) is 2.